The molecule has 0 atom stereocenters. The number of nitrogens with one attached hydrogen (secondary N) is 3. The molecule has 130 valence electrons. The molecule has 0 aromatic carbocycles. The van der Waals surface area contributed by atoms with Crippen LogP contribution in [0.4, 0.5) is 17.8 Å². The minimum Gasteiger partial charge on any atom is -0.353 e. The van der Waals surface area contributed by atoms with Crippen LogP contribution < -0.4 is 20.9 Å². The molecule has 2 rings (SSSR count). The molecule has 1 aliphatic heterocycles. The highest BCUT2D eigenvalue weighted by atomic mass is 16.1. The topological polar surface area (TPSA) is 95.1 Å². The Morgan fingerprint density at radius 2 is 1.67 bits per heavy atom. The summed E-state index contributed by atoms with van der Waals surface area (Å²) >= 11 is 0. The zero-order valence-corrected chi connectivity index (χ0v) is 14.1. The Labute approximate surface area is 142 Å². The highest BCUT2D eigenvalue weighted by Gasteiger charge is 2.22. The van der Waals surface area contributed by atoms with Crippen molar-refractivity contribution in [2.24, 2.45) is 0 Å². The van der Waals surface area contributed by atoms with E-state index in [2.05, 4.69) is 49.0 Å². The number of hydrogen-bond acceptors (Lipinski definition) is 7. The Bertz CT molecular complexity index is 552. The molecule has 0 spiro atoms. The zero-order chi connectivity index (χ0) is 17.4. The summed E-state index contributed by atoms with van der Waals surface area (Å²) in [6.07, 6.45) is 5.24. The summed E-state index contributed by atoms with van der Waals surface area (Å²) in [7, 11) is 0. The van der Waals surface area contributed by atoms with Gasteiger partial charge in [-0.1, -0.05) is 12.2 Å². The highest BCUT2D eigenvalue weighted by Crippen LogP contribution is 2.19. The predicted octanol–water partition coefficient (Wildman–Crippen LogP) is 1.17. The maximum absolute atomic E-state index is 11.2. The van der Waals surface area contributed by atoms with Gasteiger partial charge in [0.25, 0.3) is 0 Å². The van der Waals surface area contributed by atoms with Crippen molar-refractivity contribution in [1.29, 1.82) is 0 Å². The third kappa shape index (κ3) is 5.22. The number of hydrogen-bond donors (Lipinski definition) is 3. The summed E-state index contributed by atoms with van der Waals surface area (Å²) < 4.78 is 0. The number of amides is 1. The molecule has 1 saturated heterocycles. The van der Waals surface area contributed by atoms with Crippen molar-refractivity contribution in [2.45, 2.75) is 25.8 Å². The molecule has 8 nitrogen and oxygen atoms in total. The number of carbonyl (C=O) groups is 1. The molecule has 1 amide bonds. The van der Waals surface area contributed by atoms with Crippen LogP contribution >= 0.6 is 0 Å². The first-order valence-corrected chi connectivity index (χ1v) is 8.10. The number of rotatable bonds is 8. The molecule has 3 N–H and O–H groups in total. The van der Waals surface area contributed by atoms with Gasteiger partial charge in [0.2, 0.25) is 23.8 Å². The van der Waals surface area contributed by atoms with Gasteiger partial charge in [0.15, 0.2) is 0 Å². The molecule has 0 bridgehead atoms. The molecular weight excluding hydrogens is 306 g/mol. The highest BCUT2D eigenvalue weighted by molar-refractivity contribution is 5.73. The van der Waals surface area contributed by atoms with Gasteiger partial charge in [0.1, 0.15) is 0 Å². The number of nitrogens with zero attached hydrogens (tertiary/aromatic N) is 4. The molecule has 1 aromatic rings. The standard InChI is InChI=1S/C16H25N7O/c1-4-8-17-14-20-15(18-9-5-2)22-16(21-14)23-10-6-13(7-11-23)19-12(3)24/h4-5,13H,1-2,6-11H2,3H3,(H,19,24)(H2,17,18,20,21,22). The summed E-state index contributed by atoms with van der Waals surface area (Å²) in [5.74, 6) is 1.66. The van der Waals surface area contributed by atoms with Gasteiger partial charge in [-0.3, -0.25) is 4.79 Å². The van der Waals surface area contributed by atoms with E-state index in [1.54, 1.807) is 19.1 Å². The minimum atomic E-state index is 0.0143. The Hall–Kier alpha value is -2.64. The second-order valence-electron chi connectivity index (χ2n) is 5.58. The van der Waals surface area contributed by atoms with Crippen LogP contribution in [-0.4, -0.2) is 53.1 Å². The average Bonchev–Trinajstić information content (AvgIpc) is 2.58. The van der Waals surface area contributed by atoms with E-state index in [-0.39, 0.29) is 11.9 Å². The number of anilines is 3. The minimum absolute atomic E-state index is 0.0143. The summed E-state index contributed by atoms with van der Waals surface area (Å²) in [6.45, 7) is 11.7. The van der Waals surface area contributed by atoms with Gasteiger partial charge < -0.3 is 20.9 Å². The lowest BCUT2D eigenvalue weighted by Crippen LogP contribution is -2.44. The zero-order valence-electron chi connectivity index (χ0n) is 14.1. The third-order valence-electron chi connectivity index (χ3n) is 3.62. The van der Waals surface area contributed by atoms with Crippen LogP contribution in [0.25, 0.3) is 0 Å². The summed E-state index contributed by atoms with van der Waals surface area (Å²) in [6, 6.07) is 0.220. The first-order chi connectivity index (χ1) is 11.6. The van der Waals surface area contributed by atoms with Gasteiger partial charge >= 0.3 is 0 Å². The molecule has 24 heavy (non-hydrogen) atoms. The lowest BCUT2D eigenvalue weighted by atomic mass is 10.1. The molecule has 0 radical (unpaired) electrons. The van der Waals surface area contributed by atoms with Gasteiger partial charge in [-0.05, 0) is 12.8 Å². The normalized spacial score (nSPS) is 14.8. The van der Waals surface area contributed by atoms with Gasteiger partial charge in [-0.2, -0.15) is 15.0 Å². The Balaban J connectivity index is 2.08. The van der Waals surface area contributed by atoms with Crippen molar-refractivity contribution in [3.63, 3.8) is 0 Å². The van der Waals surface area contributed by atoms with Crippen molar-refractivity contribution >= 4 is 23.8 Å². The summed E-state index contributed by atoms with van der Waals surface area (Å²) in [5, 5.41) is 9.16. The predicted molar refractivity (Wildman–Crippen MR) is 96.3 cm³/mol. The van der Waals surface area contributed by atoms with Crippen LogP contribution in [0.5, 0.6) is 0 Å². The first kappa shape index (κ1) is 17.7. The van der Waals surface area contributed by atoms with Crippen LogP contribution in [0, 0.1) is 0 Å². The fourth-order valence-corrected chi connectivity index (χ4v) is 2.50. The van der Waals surface area contributed by atoms with E-state index >= 15 is 0 Å². The quantitative estimate of drug-likeness (QED) is 0.616. The maximum atomic E-state index is 11.2. The van der Waals surface area contributed by atoms with Crippen LogP contribution in [0.2, 0.25) is 0 Å². The monoisotopic (exact) mass is 331 g/mol. The number of aromatic nitrogens is 3. The molecule has 0 aliphatic carbocycles. The molecule has 2 heterocycles. The van der Waals surface area contributed by atoms with Crippen molar-refractivity contribution in [3.8, 4) is 0 Å². The molecule has 0 saturated carbocycles. The molecule has 1 aromatic heterocycles. The van der Waals surface area contributed by atoms with Crippen molar-refractivity contribution in [1.82, 2.24) is 20.3 Å². The van der Waals surface area contributed by atoms with E-state index in [0.29, 0.717) is 30.9 Å². The van der Waals surface area contributed by atoms with Gasteiger partial charge in [0, 0.05) is 39.1 Å². The molecule has 0 unspecified atom stereocenters. The SMILES string of the molecule is C=CCNc1nc(NCC=C)nc(N2CCC(NC(C)=O)CC2)n1. The summed E-state index contributed by atoms with van der Waals surface area (Å²) in [4.78, 5) is 26.6. The van der Waals surface area contributed by atoms with Gasteiger partial charge in [0.05, 0.1) is 0 Å². The fourth-order valence-electron chi connectivity index (χ4n) is 2.50. The van der Waals surface area contributed by atoms with E-state index in [4.69, 9.17) is 0 Å². The molecule has 1 aliphatic rings. The van der Waals surface area contributed by atoms with Crippen LogP contribution in [-0.2, 0) is 4.79 Å². The third-order valence-corrected chi connectivity index (χ3v) is 3.62. The number of carbonyl (C=O) groups excluding carboxylic acids is 1. The molecule has 1 fully saturated rings. The second kappa shape index (κ2) is 8.85. The largest absolute Gasteiger partial charge is 0.353 e. The van der Waals surface area contributed by atoms with Crippen molar-refractivity contribution in [2.75, 3.05) is 41.7 Å². The lowest BCUT2D eigenvalue weighted by molar-refractivity contribution is -0.119. The lowest BCUT2D eigenvalue weighted by Gasteiger charge is -2.32. The van der Waals surface area contributed by atoms with E-state index in [1.165, 1.54) is 0 Å². The average molecular weight is 331 g/mol. The van der Waals surface area contributed by atoms with Crippen LogP contribution in [0.1, 0.15) is 19.8 Å². The number of piperidine rings is 1. The fraction of sp³-hybridized carbons (Fsp3) is 0.500. The van der Waals surface area contributed by atoms with Gasteiger partial charge in [-0.15, -0.1) is 13.2 Å². The van der Waals surface area contributed by atoms with E-state index in [9.17, 15) is 4.79 Å². The summed E-state index contributed by atoms with van der Waals surface area (Å²) in [5.41, 5.74) is 0. The Kier molecular flexibility index (Phi) is 6.53. The van der Waals surface area contributed by atoms with E-state index in [0.717, 1.165) is 25.9 Å². The maximum Gasteiger partial charge on any atom is 0.231 e. The Morgan fingerprint density at radius 1 is 1.12 bits per heavy atom. The second-order valence-corrected chi connectivity index (χ2v) is 5.58. The van der Waals surface area contributed by atoms with Crippen LogP contribution in [0.15, 0.2) is 25.3 Å². The van der Waals surface area contributed by atoms with E-state index in [1.807, 2.05) is 0 Å². The van der Waals surface area contributed by atoms with Crippen molar-refractivity contribution in [3.05, 3.63) is 25.3 Å². The van der Waals surface area contributed by atoms with Gasteiger partial charge in [-0.25, -0.2) is 0 Å². The Morgan fingerprint density at radius 3 is 2.12 bits per heavy atom. The first-order valence-electron chi connectivity index (χ1n) is 8.10. The smallest absolute Gasteiger partial charge is 0.231 e. The molecular formula is C16H25N7O. The van der Waals surface area contributed by atoms with Crippen LogP contribution in [0.3, 0.4) is 0 Å². The van der Waals surface area contributed by atoms with E-state index < -0.39 is 0 Å². The van der Waals surface area contributed by atoms with Crippen molar-refractivity contribution < 1.29 is 4.79 Å². The molecule has 8 heteroatoms.